The van der Waals surface area contributed by atoms with E-state index in [4.69, 9.17) is 4.74 Å². The van der Waals surface area contributed by atoms with Crippen molar-refractivity contribution in [2.45, 2.75) is 19.8 Å². The highest BCUT2D eigenvalue weighted by molar-refractivity contribution is 5.92. The van der Waals surface area contributed by atoms with Gasteiger partial charge in [0.25, 0.3) is 5.69 Å². The number of allylic oxidation sites excluding steroid dienone is 3. The predicted octanol–water partition coefficient (Wildman–Crippen LogP) is 3.09. The summed E-state index contributed by atoms with van der Waals surface area (Å²) in [6.45, 7) is 3.71. The van der Waals surface area contributed by atoms with E-state index in [9.17, 15) is 14.9 Å². The number of nitro groups is 1. The van der Waals surface area contributed by atoms with E-state index >= 15 is 0 Å². The first kappa shape index (κ1) is 18.2. The molecule has 1 atom stereocenters. The van der Waals surface area contributed by atoms with Gasteiger partial charge in [0.1, 0.15) is 0 Å². The van der Waals surface area contributed by atoms with E-state index in [0.717, 1.165) is 11.3 Å². The highest BCUT2D eigenvalue weighted by Gasteiger charge is 2.28. The molecule has 0 saturated carbocycles. The summed E-state index contributed by atoms with van der Waals surface area (Å²) in [5.74, 6) is -0.783. The number of rotatable bonds is 4. The van der Waals surface area contributed by atoms with Crippen molar-refractivity contribution >= 4 is 11.7 Å². The van der Waals surface area contributed by atoms with Crippen molar-refractivity contribution < 1.29 is 14.5 Å². The first-order valence-electron chi connectivity index (χ1n) is 8.22. The first-order chi connectivity index (χ1) is 12.9. The zero-order chi connectivity index (χ0) is 19.6. The molecular weight excluding hydrogens is 348 g/mol. The normalized spacial score (nSPS) is 16.4. The quantitative estimate of drug-likeness (QED) is 0.503. The lowest BCUT2D eigenvalue weighted by Crippen LogP contribution is -2.25. The molecule has 2 aromatic rings. The van der Waals surface area contributed by atoms with E-state index in [2.05, 4.69) is 15.5 Å². The fourth-order valence-electron chi connectivity index (χ4n) is 3.10. The molecule has 0 bridgehead atoms. The molecule has 1 N–H and O–H groups in total. The number of ether oxygens (including phenoxy) is 1. The molecule has 1 aromatic heterocycles. The third kappa shape index (κ3) is 3.69. The summed E-state index contributed by atoms with van der Waals surface area (Å²) in [4.78, 5) is 22.8. The van der Waals surface area contributed by atoms with E-state index in [0.29, 0.717) is 22.5 Å². The zero-order valence-electron chi connectivity index (χ0n) is 15.1. The number of non-ortho nitro benzene ring substituents is 1. The van der Waals surface area contributed by atoms with Gasteiger partial charge in [0.2, 0.25) is 0 Å². The zero-order valence-corrected chi connectivity index (χ0v) is 15.1. The van der Waals surface area contributed by atoms with Crippen molar-refractivity contribution in [1.29, 1.82) is 0 Å². The number of esters is 1. The lowest BCUT2D eigenvalue weighted by molar-refractivity contribution is -0.384. The van der Waals surface area contributed by atoms with Crippen molar-refractivity contribution in [2.75, 3.05) is 7.11 Å². The largest absolute Gasteiger partial charge is 0.466 e. The van der Waals surface area contributed by atoms with Crippen LogP contribution in [-0.2, 0) is 9.53 Å². The van der Waals surface area contributed by atoms with Gasteiger partial charge in [0.05, 0.1) is 29.5 Å². The molecule has 2 heterocycles. The lowest BCUT2D eigenvalue weighted by Gasteiger charge is -2.25. The molecule has 0 saturated heterocycles. The fourth-order valence-corrected chi connectivity index (χ4v) is 3.10. The van der Waals surface area contributed by atoms with Gasteiger partial charge in [-0.3, -0.25) is 10.1 Å². The van der Waals surface area contributed by atoms with Gasteiger partial charge in [-0.05, 0) is 25.5 Å². The van der Waals surface area contributed by atoms with Crippen LogP contribution in [0.15, 0.2) is 59.6 Å². The molecule has 0 amide bonds. The summed E-state index contributed by atoms with van der Waals surface area (Å²) in [6, 6.07) is 7.97. The van der Waals surface area contributed by atoms with Gasteiger partial charge in [-0.15, -0.1) is 0 Å². The van der Waals surface area contributed by atoms with Crippen LogP contribution in [0.3, 0.4) is 0 Å². The van der Waals surface area contributed by atoms with E-state index in [-0.39, 0.29) is 11.6 Å². The van der Waals surface area contributed by atoms with Crippen LogP contribution in [0.25, 0.3) is 11.3 Å². The van der Waals surface area contributed by atoms with Gasteiger partial charge >= 0.3 is 5.97 Å². The lowest BCUT2D eigenvalue weighted by atomic mass is 9.87. The standard InChI is InChI=1S/C19H18N4O4/c1-11-7-16(18(12(2)21-11)19(24)27-3)14-9-17(22-20-10-14)13-5-4-6-15(8-13)23(25)26/h4-10,16,21H,1-3H3. The van der Waals surface area contributed by atoms with Crippen molar-refractivity contribution in [1.82, 2.24) is 15.5 Å². The van der Waals surface area contributed by atoms with Crippen LogP contribution in [0.2, 0.25) is 0 Å². The van der Waals surface area contributed by atoms with Crippen LogP contribution in [0.1, 0.15) is 25.3 Å². The number of dihydropyridines is 1. The van der Waals surface area contributed by atoms with Crippen molar-refractivity contribution in [3.63, 3.8) is 0 Å². The average molecular weight is 366 g/mol. The van der Waals surface area contributed by atoms with Crippen molar-refractivity contribution in [3.05, 3.63) is 75.2 Å². The topological polar surface area (TPSA) is 107 Å². The Morgan fingerprint density at radius 1 is 1.30 bits per heavy atom. The minimum absolute atomic E-state index is 0.0247. The van der Waals surface area contributed by atoms with Crippen molar-refractivity contribution in [3.8, 4) is 11.3 Å². The summed E-state index contributed by atoms with van der Waals surface area (Å²) < 4.78 is 4.93. The number of carbonyl (C=O) groups excluding carboxylic acids is 1. The van der Waals surface area contributed by atoms with Gasteiger partial charge in [-0.2, -0.15) is 10.2 Å². The van der Waals surface area contributed by atoms with Crippen LogP contribution in [0.4, 0.5) is 5.69 Å². The second-order valence-corrected chi connectivity index (χ2v) is 6.16. The summed E-state index contributed by atoms with van der Waals surface area (Å²) in [7, 11) is 1.34. The molecule has 1 aliphatic heterocycles. The SMILES string of the molecule is COC(=O)C1=C(C)NC(C)=CC1c1cnnc(-c2cccc([N+](=O)[O-])c2)c1. The van der Waals surface area contributed by atoms with Gasteiger partial charge in [0, 0.05) is 35.0 Å². The van der Waals surface area contributed by atoms with E-state index in [1.54, 1.807) is 24.4 Å². The molecule has 8 nitrogen and oxygen atoms in total. The highest BCUT2D eigenvalue weighted by Crippen LogP contribution is 2.34. The maximum Gasteiger partial charge on any atom is 0.336 e. The number of carbonyl (C=O) groups is 1. The van der Waals surface area contributed by atoms with Crippen LogP contribution in [0, 0.1) is 10.1 Å². The molecule has 27 heavy (non-hydrogen) atoms. The summed E-state index contributed by atoms with van der Waals surface area (Å²) >= 11 is 0. The molecule has 8 heteroatoms. The molecule has 1 aliphatic rings. The molecule has 138 valence electrons. The molecule has 0 radical (unpaired) electrons. The molecule has 3 rings (SSSR count). The van der Waals surface area contributed by atoms with Gasteiger partial charge in [0.15, 0.2) is 0 Å². The predicted molar refractivity (Wildman–Crippen MR) is 98.5 cm³/mol. The van der Waals surface area contributed by atoms with Gasteiger partial charge in [-0.25, -0.2) is 4.79 Å². The fraction of sp³-hybridized carbons (Fsp3) is 0.211. The summed E-state index contributed by atoms with van der Waals surface area (Å²) in [5.41, 5.74) is 3.88. The van der Waals surface area contributed by atoms with Gasteiger partial charge < -0.3 is 10.1 Å². The molecular formula is C19H18N4O4. The van der Waals surface area contributed by atoms with Crippen molar-refractivity contribution in [2.24, 2.45) is 0 Å². The Kier molecular flexibility index (Phi) is 4.98. The van der Waals surface area contributed by atoms with Crippen LogP contribution in [-0.4, -0.2) is 28.2 Å². The first-order valence-corrected chi connectivity index (χ1v) is 8.22. The minimum atomic E-state index is -0.457. The second kappa shape index (κ2) is 7.36. The monoisotopic (exact) mass is 366 g/mol. The molecule has 1 aromatic carbocycles. The number of methoxy groups -OCH3 is 1. The Hall–Kier alpha value is -3.55. The molecule has 0 fully saturated rings. The smallest absolute Gasteiger partial charge is 0.336 e. The number of nitrogens with one attached hydrogen (secondary N) is 1. The maximum absolute atomic E-state index is 12.3. The Labute approximate surface area is 155 Å². The number of nitrogens with zero attached hydrogens (tertiary/aromatic N) is 3. The third-order valence-electron chi connectivity index (χ3n) is 4.31. The van der Waals surface area contributed by atoms with Gasteiger partial charge in [-0.1, -0.05) is 18.2 Å². The van der Waals surface area contributed by atoms with Crippen LogP contribution >= 0.6 is 0 Å². The summed E-state index contributed by atoms with van der Waals surface area (Å²) in [5, 5.41) is 22.3. The Bertz CT molecular complexity index is 981. The Morgan fingerprint density at radius 2 is 2.07 bits per heavy atom. The van der Waals surface area contributed by atoms with Crippen LogP contribution < -0.4 is 5.32 Å². The van der Waals surface area contributed by atoms with Crippen LogP contribution in [0.5, 0.6) is 0 Å². The average Bonchev–Trinajstić information content (AvgIpc) is 2.67. The second-order valence-electron chi connectivity index (χ2n) is 6.16. The van der Waals surface area contributed by atoms with E-state index in [1.165, 1.54) is 19.2 Å². The number of hydrogen-bond acceptors (Lipinski definition) is 7. The number of nitro benzene ring substituents is 1. The number of benzene rings is 1. The molecule has 0 aliphatic carbocycles. The minimum Gasteiger partial charge on any atom is -0.466 e. The molecule has 1 unspecified atom stereocenters. The summed E-state index contributed by atoms with van der Waals surface area (Å²) in [6.07, 6.45) is 3.49. The van der Waals surface area contributed by atoms with E-state index in [1.807, 2.05) is 19.9 Å². The number of hydrogen-bond donors (Lipinski definition) is 1. The maximum atomic E-state index is 12.3. The Morgan fingerprint density at radius 3 is 2.78 bits per heavy atom. The third-order valence-corrected chi connectivity index (χ3v) is 4.31. The Balaban J connectivity index is 2.06. The molecule has 0 spiro atoms. The highest BCUT2D eigenvalue weighted by atomic mass is 16.6. The number of aromatic nitrogens is 2. The van der Waals surface area contributed by atoms with E-state index < -0.39 is 10.9 Å².